The van der Waals surface area contributed by atoms with E-state index in [0.717, 1.165) is 11.1 Å². The number of anilines is 1. The predicted octanol–water partition coefficient (Wildman–Crippen LogP) is 5.67. The van der Waals surface area contributed by atoms with Crippen molar-refractivity contribution in [2.24, 2.45) is 5.73 Å². The molecule has 240 valence electrons. The third kappa shape index (κ3) is 8.18. The molecule has 1 atom stereocenters. The molecule has 5 aromatic carbocycles. The van der Waals surface area contributed by atoms with Crippen LogP contribution in [0.3, 0.4) is 0 Å². The van der Waals surface area contributed by atoms with Gasteiger partial charge in [0.05, 0.1) is 5.56 Å². The highest BCUT2D eigenvalue weighted by molar-refractivity contribution is 6.11. The van der Waals surface area contributed by atoms with Crippen LogP contribution < -0.4 is 16.4 Å². The predicted molar refractivity (Wildman–Crippen MR) is 182 cm³/mol. The average molecular weight is 641 g/mol. The summed E-state index contributed by atoms with van der Waals surface area (Å²) < 4.78 is 5.53. The van der Waals surface area contributed by atoms with E-state index >= 15 is 0 Å². The summed E-state index contributed by atoms with van der Waals surface area (Å²) in [5.41, 5.74) is 8.62. The maximum Gasteiger partial charge on any atom is 0.336 e. The zero-order valence-corrected chi connectivity index (χ0v) is 25.7. The molecule has 2 amide bonds. The Morgan fingerprint density at radius 2 is 1.27 bits per heavy atom. The number of carbonyl (C=O) groups excluding carboxylic acids is 3. The van der Waals surface area contributed by atoms with E-state index in [0.29, 0.717) is 16.8 Å². The summed E-state index contributed by atoms with van der Waals surface area (Å²) in [6.45, 7) is 0.0232. The lowest BCUT2D eigenvalue weighted by Crippen LogP contribution is -2.43. The Balaban J connectivity index is 1.39. The first-order valence-electron chi connectivity index (χ1n) is 15.0. The Morgan fingerprint density at radius 3 is 1.92 bits per heavy atom. The number of aromatic carboxylic acids is 1. The molecule has 0 aliphatic rings. The van der Waals surface area contributed by atoms with Crippen molar-refractivity contribution in [1.29, 1.82) is 5.41 Å². The summed E-state index contributed by atoms with van der Waals surface area (Å²) in [4.78, 5) is 52.5. The molecule has 0 spiro atoms. The number of carboxylic acid groups (broad SMARTS) is 1. The molecule has 5 aromatic rings. The zero-order valence-electron chi connectivity index (χ0n) is 25.7. The van der Waals surface area contributed by atoms with Crippen LogP contribution in [-0.2, 0) is 22.6 Å². The van der Waals surface area contributed by atoms with Gasteiger partial charge in [0, 0.05) is 28.8 Å². The number of nitrogen functional groups attached to an aromatic ring is 1. The number of carbonyl (C=O) groups is 4. The minimum Gasteiger partial charge on any atom is -0.478 e. The molecule has 48 heavy (non-hydrogen) atoms. The smallest absolute Gasteiger partial charge is 0.336 e. The minimum atomic E-state index is -1.31. The second kappa shape index (κ2) is 15.2. The van der Waals surface area contributed by atoms with Gasteiger partial charge in [0.2, 0.25) is 0 Å². The van der Waals surface area contributed by atoms with Gasteiger partial charge in [-0.1, -0.05) is 84.9 Å². The molecule has 0 saturated carbocycles. The topological polar surface area (TPSA) is 172 Å². The van der Waals surface area contributed by atoms with Gasteiger partial charge in [0.15, 0.2) is 0 Å². The Kier molecular flexibility index (Phi) is 10.4. The van der Waals surface area contributed by atoms with Crippen molar-refractivity contribution in [2.75, 3.05) is 5.32 Å². The van der Waals surface area contributed by atoms with E-state index in [1.54, 1.807) is 48.5 Å². The molecule has 6 N–H and O–H groups in total. The summed E-state index contributed by atoms with van der Waals surface area (Å²) >= 11 is 0. The lowest BCUT2D eigenvalue weighted by molar-refractivity contribution is -0.147. The van der Waals surface area contributed by atoms with Crippen molar-refractivity contribution < 1.29 is 29.0 Å². The maximum absolute atomic E-state index is 13.5. The fourth-order valence-corrected chi connectivity index (χ4v) is 5.06. The van der Waals surface area contributed by atoms with Gasteiger partial charge in [-0.05, 0) is 64.7 Å². The molecule has 1 unspecified atom stereocenters. The third-order valence-electron chi connectivity index (χ3n) is 7.52. The molecule has 5 rings (SSSR count). The van der Waals surface area contributed by atoms with Crippen molar-refractivity contribution in [3.63, 3.8) is 0 Å². The van der Waals surface area contributed by atoms with Crippen LogP contribution in [0.15, 0.2) is 127 Å². The largest absolute Gasteiger partial charge is 0.478 e. The number of amidine groups is 1. The van der Waals surface area contributed by atoms with Crippen molar-refractivity contribution in [3.05, 3.63) is 161 Å². The average Bonchev–Trinajstić information content (AvgIpc) is 3.11. The van der Waals surface area contributed by atoms with E-state index in [1.165, 1.54) is 18.2 Å². The number of rotatable bonds is 12. The van der Waals surface area contributed by atoms with Gasteiger partial charge in [0.1, 0.15) is 18.5 Å². The van der Waals surface area contributed by atoms with Gasteiger partial charge in [0.25, 0.3) is 11.8 Å². The Labute approximate surface area is 276 Å². The van der Waals surface area contributed by atoms with E-state index in [9.17, 15) is 24.3 Å². The van der Waals surface area contributed by atoms with Crippen LogP contribution in [0, 0.1) is 5.41 Å². The quantitative estimate of drug-likeness (QED) is 0.0664. The molecule has 0 radical (unpaired) electrons. The second-order valence-electron chi connectivity index (χ2n) is 10.9. The number of ether oxygens (including phenoxy) is 1. The number of hydrogen-bond donors (Lipinski definition) is 5. The van der Waals surface area contributed by atoms with Crippen LogP contribution in [0.5, 0.6) is 0 Å². The number of nitrogens with one attached hydrogen (secondary N) is 3. The van der Waals surface area contributed by atoms with E-state index in [-0.39, 0.29) is 41.1 Å². The summed E-state index contributed by atoms with van der Waals surface area (Å²) in [5.74, 6) is -3.20. The van der Waals surface area contributed by atoms with Crippen molar-refractivity contribution >= 4 is 35.3 Å². The number of hydrogen-bond acceptors (Lipinski definition) is 6. The Morgan fingerprint density at radius 1 is 0.688 bits per heavy atom. The number of esters is 1. The van der Waals surface area contributed by atoms with Gasteiger partial charge in [-0.25, -0.2) is 9.59 Å². The fourth-order valence-electron chi connectivity index (χ4n) is 5.06. The van der Waals surface area contributed by atoms with Gasteiger partial charge in [-0.2, -0.15) is 0 Å². The molecule has 0 fully saturated rings. The van der Waals surface area contributed by atoms with Gasteiger partial charge in [-0.15, -0.1) is 0 Å². The van der Waals surface area contributed by atoms with Crippen molar-refractivity contribution in [2.45, 2.75) is 19.1 Å². The number of nitrogens with two attached hydrogens (primary N) is 1. The van der Waals surface area contributed by atoms with Crippen LogP contribution in [0.4, 0.5) is 5.69 Å². The molecule has 0 aliphatic carbocycles. The maximum atomic E-state index is 13.5. The van der Waals surface area contributed by atoms with Crippen LogP contribution in [-0.4, -0.2) is 40.7 Å². The fraction of sp³-hybridized carbons (Fsp3) is 0.0789. The standard InChI is InChI=1S/C38H32N4O6/c39-34(40)26-15-18-28(19-16-26)41-36(44)31-14-8-7-13-29(31)30-20-17-27(22-32(30)37(45)46)35(43)42-33(21-24-9-3-1-4-10-24)38(47)48-23-25-11-5-2-6-12-25/h1-20,22,33H,21,23H2,(H3,39,40)(H,41,44)(H,42,43)(H,45,46). The lowest BCUT2D eigenvalue weighted by Gasteiger charge is -2.19. The number of carboxylic acids is 1. The zero-order chi connectivity index (χ0) is 34.0. The summed E-state index contributed by atoms with van der Waals surface area (Å²) in [7, 11) is 0. The van der Waals surface area contributed by atoms with Gasteiger partial charge < -0.3 is 26.2 Å². The first-order valence-corrected chi connectivity index (χ1v) is 15.0. The molecule has 10 heteroatoms. The molecule has 0 bridgehead atoms. The summed E-state index contributed by atoms with van der Waals surface area (Å²) in [5, 5.41) is 23.2. The molecular weight excluding hydrogens is 608 g/mol. The second-order valence-corrected chi connectivity index (χ2v) is 10.9. The molecular formula is C38H32N4O6. The van der Waals surface area contributed by atoms with E-state index < -0.39 is 29.8 Å². The minimum absolute atomic E-state index is 0.0116. The van der Waals surface area contributed by atoms with Crippen molar-refractivity contribution in [3.8, 4) is 11.1 Å². The highest BCUT2D eigenvalue weighted by atomic mass is 16.5. The number of amides is 2. The van der Waals surface area contributed by atoms with Crippen LogP contribution in [0.25, 0.3) is 11.1 Å². The molecule has 10 nitrogen and oxygen atoms in total. The number of benzene rings is 5. The third-order valence-corrected chi connectivity index (χ3v) is 7.52. The first kappa shape index (κ1) is 32.8. The van der Waals surface area contributed by atoms with E-state index in [2.05, 4.69) is 10.6 Å². The van der Waals surface area contributed by atoms with Gasteiger partial charge >= 0.3 is 11.9 Å². The van der Waals surface area contributed by atoms with E-state index in [1.807, 2.05) is 60.7 Å². The van der Waals surface area contributed by atoms with Crippen molar-refractivity contribution in [1.82, 2.24) is 5.32 Å². The van der Waals surface area contributed by atoms with Crippen LogP contribution in [0.2, 0.25) is 0 Å². The molecule has 0 saturated heterocycles. The highest BCUT2D eigenvalue weighted by Gasteiger charge is 2.25. The summed E-state index contributed by atoms with van der Waals surface area (Å²) in [6, 6.07) is 34.3. The first-order chi connectivity index (χ1) is 23.2. The normalized spacial score (nSPS) is 11.2. The molecule has 0 aromatic heterocycles. The van der Waals surface area contributed by atoms with Crippen LogP contribution in [0.1, 0.15) is 47.8 Å². The Hall–Kier alpha value is -6.55. The van der Waals surface area contributed by atoms with Gasteiger partial charge in [-0.3, -0.25) is 15.0 Å². The molecule has 0 heterocycles. The van der Waals surface area contributed by atoms with Crippen LogP contribution >= 0.6 is 0 Å². The lowest BCUT2D eigenvalue weighted by atomic mass is 9.93. The Bertz CT molecular complexity index is 1960. The highest BCUT2D eigenvalue weighted by Crippen LogP contribution is 2.29. The van der Waals surface area contributed by atoms with E-state index in [4.69, 9.17) is 15.9 Å². The molecule has 0 aliphatic heterocycles. The summed E-state index contributed by atoms with van der Waals surface area (Å²) in [6.07, 6.45) is 0.157. The SMILES string of the molecule is N=C(N)c1ccc(NC(=O)c2ccccc2-c2ccc(C(=O)NC(Cc3ccccc3)C(=O)OCc3ccccc3)cc2C(=O)O)cc1. The monoisotopic (exact) mass is 640 g/mol.